The fourth-order valence-corrected chi connectivity index (χ4v) is 4.18. The highest BCUT2D eigenvalue weighted by molar-refractivity contribution is 7.98. The SMILES string of the molecule is CSc1ccc(S(=O)(=O)N(C)Cc2ccc(Cl)cc2)cc1NC(=O)C(C)C. The van der Waals surface area contributed by atoms with Crippen LogP contribution in [0.15, 0.2) is 52.3 Å². The Bertz CT molecular complexity index is 913. The lowest BCUT2D eigenvalue weighted by Gasteiger charge is -2.19. The number of hydrogen-bond acceptors (Lipinski definition) is 4. The van der Waals surface area contributed by atoms with E-state index in [0.717, 1.165) is 10.5 Å². The summed E-state index contributed by atoms with van der Waals surface area (Å²) in [7, 11) is -2.18. The normalized spacial score (nSPS) is 11.8. The highest BCUT2D eigenvalue weighted by atomic mass is 35.5. The van der Waals surface area contributed by atoms with Crippen molar-refractivity contribution in [3.8, 4) is 0 Å². The third kappa shape index (κ3) is 5.48. The summed E-state index contributed by atoms with van der Waals surface area (Å²) in [6.07, 6.45) is 1.88. The first-order valence-corrected chi connectivity index (χ1v) is 11.4. The fraction of sp³-hybridized carbons (Fsp3) is 0.316. The average molecular weight is 427 g/mol. The van der Waals surface area contributed by atoms with Crippen LogP contribution in [-0.4, -0.2) is 31.9 Å². The Kier molecular flexibility index (Phi) is 7.33. The number of benzene rings is 2. The van der Waals surface area contributed by atoms with Gasteiger partial charge in [-0.25, -0.2) is 8.42 Å². The number of carbonyl (C=O) groups excluding carboxylic acids is 1. The van der Waals surface area contributed by atoms with Crippen LogP contribution in [0.2, 0.25) is 5.02 Å². The van der Waals surface area contributed by atoms with Gasteiger partial charge in [0.05, 0.1) is 10.6 Å². The molecule has 27 heavy (non-hydrogen) atoms. The predicted molar refractivity (Wildman–Crippen MR) is 112 cm³/mol. The number of nitrogens with zero attached hydrogens (tertiary/aromatic N) is 1. The molecule has 0 spiro atoms. The molecule has 0 fully saturated rings. The van der Waals surface area contributed by atoms with E-state index in [1.165, 1.54) is 29.2 Å². The standard InChI is InChI=1S/C19H23ClN2O3S2/c1-13(2)19(23)21-17-11-16(9-10-18(17)26-4)27(24,25)22(3)12-14-5-7-15(20)8-6-14/h5-11,13H,12H2,1-4H3,(H,21,23). The number of hydrogen-bond donors (Lipinski definition) is 1. The molecule has 0 radical (unpaired) electrons. The van der Waals surface area contributed by atoms with Gasteiger partial charge in [-0.15, -0.1) is 11.8 Å². The van der Waals surface area contributed by atoms with Crippen LogP contribution in [0.4, 0.5) is 5.69 Å². The molecule has 0 aliphatic heterocycles. The lowest BCUT2D eigenvalue weighted by atomic mass is 10.2. The fourth-order valence-electron chi connectivity index (χ4n) is 2.33. The van der Waals surface area contributed by atoms with E-state index in [4.69, 9.17) is 11.6 Å². The minimum Gasteiger partial charge on any atom is -0.325 e. The summed E-state index contributed by atoms with van der Waals surface area (Å²) in [6.45, 7) is 3.79. The van der Waals surface area contributed by atoms with Crippen molar-refractivity contribution in [1.82, 2.24) is 4.31 Å². The highest BCUT2D eigenvalue weighted by Crippen LogP contribution is 2.30. The molecule has 5 nitrogen and oxygen atoms in total. The van der Waals surface area contributed by atoms with Gasteiger partial charge in [0, 0.05) is 29.4 Å². The molecule has 1 amide bonds. The minimum absolute atomic E-state index is 0.135. The number of halogens is 1. The number of rotatable bonds is 7. The number of sulfonamides is 1. The molecule has 2 aromatic carbocycles. The number of amides is 1. The van der Waals surface area contributed by atoms with E-state index in [1.54, 1.807) is 50.2 Å². The molecule has 146 valence electrons. The smallest absolute Gasteiger partial charge is 0.243 e. The quantitative estimate of drug-likeness (QED) is 0.663. The Labute approximate surface area is 170 Å². The van der Waals surface area contributed by atoms with Crippen LogP contribution in [-0.2, 0) is 21.4 Å². The van der Waals surface area contributed by atoms with E-state index in [9.17, 15) is 13.2 Å². The first-order chi connectivity index (χ1) is 12.6. The molecule has 0 bridgehead atoms. The summed E-state index contributed by atoms with van der Waals surface area (Å²) >= 11 is 7.32. The summed E-state index contributed by atoms with van der Waals surface area (Å²) in [6, 6.07) is 11.8. The number of carbonyl (C=O) groups is 1. The van der Waals surface area contributed by atoms with E-state index in [0.29, 0.717) is 10.7 Å². The highest BCUT2D eigenvalue weighted by Gasteiger charge is 2.23. The lowest BCUT2D eigenvalue weighted by Crippen LogP contribution is -2.26. The van der Waals surface area contributed by atoms with E-state index in [2.05, 4.69) is 5.32 Å². The largest absolute Gasteiger partial charge is 0.325 e. The first-order valence-electron chi connectivity index (χ1n) is 8.35. The van der Waals surface area contributed by atoms with Crippen molar-refractivity contribution in [1.29, 1.82) is 0 Å². The Hall–Kier alpha value is -1.54. The van der Waals surface area contributed by atoms with Crippen LogP contribution in [0, 0.1) is 5.92 Å². The van der Waals surface area contributed by atoms with Gasteiger partial charge in [-0.3, -0.25) is 4.79 Å². The van der Waals surface area contributed by atoms with Gasteiger partial charge >= 0.3 is 0 Å². The van der Waals surface area contributed by atoms with Crippen LogP contribution in [0.5, 0.6) is 0 Å². The summed E-state index contributed by atoms with van der Waals surface area (Å²) in [4.78, 5) is 13.0. The molecule has 0 heterocycles. The molecule has 8 heteroatoms. The third-order valence-corrected chi connectivity index (χ3v) is 6.83. The van der Waals surface area contributed by atoms with Crippen LogP contribution < -0.4 is 5.32 Å². The second-order valence-electron chi connectivity index (χ2n) is 6.39. The molecule has 0 aromatic heterocycles. The van der Waals surface area contributed by atoms with Crippen molar-refractivity contribution < 1.29 is 13.2 Å². The minimum atomic E-state index is -3.71. The van der Waals surface area contributed by atoms with E-state index < -0.39 is 10.0 Å². The van der Waals surface area contributed by atoms with Crippen molar-refractivity contribution in [3.05, 3.63) is 53.1 Å². The monoisotopic (exact) mass is 426 g/mol. The van der Waals surface area contributed by atoms with Crippen molar-refractivity contribution >= 4 is 45.0 Å². The van der Waals surface area contributed by atoms with E-state index in [-0.39, 0.29) is 23.3 Å². The van der Waals surface area contributed by atoms with E-state index >= 15 is 0 Å². The second kappa shape index (κ2) is 9.10. The summed E-state index contributed by atoms with van der Waals surface area (Å²) in [5, 5.41) is 3.41. The van der Waals surface area contributed by atoms with Crippen molar-refractivity contribution in [2.45, 2.75) is 30.2 Å². The number of nitrogens with one attached hydrogen (secondary N) is 1. The molecule has 0 atom stereocenters. The summed E-state index contributed by atoms with van der Waals surface area (Å²) in [5.74, 6) is -0.359. The zero-order valence-electron chi connectivity index (χ0n) is 15.7. The van der Waals surface area contributed by atoms with Crippen molar-refractivity contribution in [3.63, 3.8) is 0 Å². The second-order valence-corrected chi connectivity index (χ2v) is 9.72. The van der Waals surface area contributed by atoms with Gasteiger partial charge in [-0.1, -0.05) is 37.6 Å². The molecular weight excluding hydrogens is 404 g/mol. The topological polar surface area (TPSA) is 66.5 Å². The zero-order chi connectivity index (χ0) is 20.2. The van der Waals surface area contributed by atoms with Gasteiger partial charge in [0.1, 0.15) is 0 Å². The molecule has 0 saturated carbocycles. The Morgan fingerprint density at radius 1 is 1.19 bits per heavy atom. The molecule has 0 aliphatic carbocycles. The van der Waals surface area contributed by atoms with Gasteiger partial charge in [-0.2, -0.15) is 4.31 Å². The molecule has 0 saturated heterocycles. The number of thioether (sulfide) groups is 1. The van der Waals surface area contributed by atoms with Gasteiger partial charge < -0.3 is 5.32 Å². The van der Waals surface area contributed by atoms with Gasteiger partial charge in [0.2, 0.25) is 15.9 Å². The first kappa shape index (κ1) is 21.8. The Balaban J connectivity index is 2.31. The Morgan fingerprint density at radius 2 is 1.81 bits per heavy atom. The summed E-state index contributed by atoms with van der Waals surface area (Å²) in [5.41, 5.74) is 1.33. The van der Waals surface area contributed by atoms with Crippen LogP contribution in [0.1, 0.15) is 19.4 Å². The van der Waals surface area contributed by atoms with Crippen LogP contribution >= 0.6 is 23.4 Å². The van der Waals surface area contributed by atoms with Crippen LogP contribution in [0.3, 0.4) is 0 Å². The molecule has 0 aliphatic rings. The molecule has 0 unspecified atom stereocenters. The van der Waals surface area contributed by atoms with E-state index in [1.807, 2.05) is 6.26 Å². The van der Waals surface area contributed by atoms with Gasteiger partial charge in [0.25, 0.3) is 0 Å². The lowest BCUT2D eigenvalue weighted by molar-refractivity contribution is -0.118. The maximum absolute atomic E-state index is 13.0. The Morgan fingerprint density at radius 3 is 2.37 bits per heavy atom. The van der Waals surface area contributed by atoms with Crippen molar-refractivity contribution in [2.75, 3.05) is 18.6 Å². The molecule has 2 rings (SSSR count). The van der Waals surface area contributed by atoms with Gasteiger partial charge in [0.15, 0.2) is 0 Å². The maximum Gasteiger partial charge on any atom is 0.243 e. The van der Waals surface area contributed by atoms with Gasteiger partial charge in [-0.05, 0) is 42.2 Å². The van der Waals surface area contributed by atoms with Crippen molar-refractivity contribution in [2.24, 2.45) is 5.92 Å². The summed E-state index contributed by atoms with van der Waals surface area (Å²) < 4.78 is 27.2. The zero-order valence-corrected chi connectivity index (χ0v) is 18.1. The maximum atomic E-state index is 13.0. The predicted octanol–water partition coefficient (Wildman–Crippen LogP) is 4.48. The van der Waals surface area contributed by atoms with Crippen LogP contribution in [0.25, 0.3) is 0 Å². The molecule has 1 N–H and O–H groups in total. The molecular formula is C19H23ClN2O3S2. The number of anilines is 1. The average Bonchev–Trinajstić information content (AvgIpc) is 2.63. The third-order valence-electron chi connectivity index (χ3n) is 3.98. The molecule has 2 aromatic rings.